The van der Waals surface area contributed by atoms with Crippen molar-refractivity contribution in [3.05, 3.63) is 61.2 Å². The average molecular weight is 371 g/mol. The molecule has 0 atom stereocenters. The molecule has 1 aromatic carbocycles. The summed E-state index contributed by atoms with van der Waals surface area (Å²) in [5.74, 6) is 1.46. The van der Waals surface area contributed by atoms with Crippen molar-refractivity contribution in [2.45, 2.75) is 19.3 Å². The van der Waals surface area contributed by atoms with Crippen LogP contribution in [0.3, 0.4) is 0 Å². The number of hydrogen-bond acceptors (Lipinski definition) is 6. The molecule has 0 unspecified atom stereocenters. The number of nitrogens with one attached hydrogen (secondary N) is 1. The first-order valence-electron chi connectivity index (χ1n) is 9.61. The molecule has 1 N–H and O–H groups in total. The molecular weight excluding hydrogens is 350 g/mol. The highest BCUT2D eigenvalue weighted by Crippen LogP contribution is 2.26. The molecule has 1 aliphatic heterocycles. The van der Waals surface area contributed by atoms with Crippen LogP contribution in [0.5, 0.6) is 0 Å². The van der Waals surface area contributed by atoms with E-state index in [1.807, 2.05) is 18.2 Å². The lowest BCUT2D eigenvalue weighted by atomic mass is 10.1. The van der Waals surface area contributed by atoms with Crippen molar-refractivity contribution in [1.82, 2.24) is 24.7 Å². The Labute approximate surface area is 163 Å². The molecule has 0 radical (unpaired) electrons. The molecule has 0 bridgehead atoms. The van der Waals surface area contributed by atoms with E-state index in [0.717, 1.165) is 41.4 Å². The van der Waals surface area contributed by atoms with Crippen LogP contribution in [0.15, 0.2) is 61.2 Å². The van der Waals surface area contributed by atoms with Crippen LogP contribution in [-0.4, -0.2) is 37.8 Å². The molecule has 7 nitrogen and oxygen atoms in total. The lowest BCUT2D eigenvalue weighted by Gasteiger charge is -2.28. The molecule has 3 aromatic heterocycles. The Bertz CT molecular complexity index is 1070. The number of piperidine rings is 1. The Morgan fingerprint density at radius 3 is 2.50 bits per heavy atom. The van der Waals surface area contributed by atoms with Crippen LogP contribution in [0.1, 0.15) is 19.3 Å². The summed E-state index contributed by atoms with van der Waals surface area (Å²) in [5, 5.41) is 8.70. The molecule has 28 heavy (non-hydrogen) atoms. The largest absolute Gasteiger partial charge is 0.372 e. The van der Waals surface area contributed by atoms with Gasteiger partial charge in [-0.2, -0.15) is 9.78 Å². The highest BCUT2D eigenvalue weighted by atomic mass is 15.3. The highest BCUT2D eigenvalue weighted by molar-refractivity contribution is 5.89. The molecular formula is C21H21N7. The van der Waals surface area contributed by atoms with Crippen LogP contribution < -0.4 is 10.2 Å². The van der Waals surface area contributed by atoms with Gasteiger partial charge in [-0.3, -0.25) is 0 Å². The van der Waals surface area contributed by atoms with E-state index in [0.29, 0.717) is 0 Å². The Hall–Kier alpha value is -3.48. The third kappa shape index (κ3) is 3.15. The Morgan fingerprint density at radius 1 is 0.857 bits per heavy atom. The summed E-state index contributed by atoms with van der Waals surface area (Å²) < 4.78 is 1.72. The number of anilines is 3. The minimum Gasteiger partial charge on any atom is -0.372 e. The molecule has 1 aliphatic rings. The van der Waals surface area contributed by atoms with Crippen molar-refractivity contribution in [3.8, 4) is 5.82 Å². The van der Waals surface area contributed by atoms with Gasteiger partial charge in [-0.25, -0.2) is 15.0 Å². The third-order valence-electron chi connectivity index (χ3n) is 5.08. The number of rotatable bonds is 4. The van der Waals surface area contributed by atoms with E-state index in [4.69, 9.17) is 0 Å². The topological polar surface area (TPSA) is 71.8 Å². The van der Waals surface area contributed by atoms with Crippen molar-refractivity contribution < 1.29 is 0 Å². The van der Waals surface area contributed by atoms with E-state index in [1.54, 1.807) is 23.4 Å². The Kier molecular flexibility index (Phi) is 4.33. The van der Waals surface area contributed by atoms with Gasteiger partial charge in [0.05, 0.1) is 11.6 Å². The quantitative estimate of drug-likeness (QED) is 0.586. The number of aromatic nitrogens is 5. The van der Waals surface area contributed by atoms with Gasteiger partial charge in [0.2, 0.25) is 0 Å². The standard InChI is InChI=1S/C21H21N7/c1-4-12-27(13-5-1)17-9-7-16(8-10-17)26-20-18-14-25-28(21(18)24-15-23-20)19-6-2-3-11-22-19/h2-3,6-11,14-15H,1,4-5,12-13H2,(H,23,24,26). The second-order valence-electron chi connectivity index (χ2n) is 6.92. The highest BCUT2D eigenvalue weighted by Gasteiger charge is 2.13. The van der Waals surface area contributed by atoms with E-state index in [2.05, 4.69) is 54.5 Å². The van der Waals surface area contributed by atoms with Gasteiger partial charge in [0, 0.05) is 30.7 Å². The third-order valence-corrected chi connectivity index (χ3v) is 5.08. The summed E-state index contributed by atoms with van der Waals surface area (Å²) in [4.78, 5) is 15.6. The lowest BCUT2D eigenvalue weighted by molar-refractivity contribution is 0.578. The summed E-state index contributed by atoms with van der Waals surface area (Å²) in [6.45, 7) is 2.29. The molecule has 0 aliphatic carbocycles. The van der Waals surface area contributed by atoms with Gasteiger partial charge in [-0.1, -0.05) is 6.07 Å². The van der Waals surface area contributed by atoms with Crippen LogP contribution in [0.25, 0.3) is 16.9 Å². The molecule has 4 aromatic rings. The molecule has 0 amide bonds. The zero-order valence-electron chi connectivity index (χ0n) is 15.5. The van der Waals surface area contributed by atoms with Crippen molar-refractivity contribution in [3.63, 3.8) is 0 Å². The first-order valence-corrected chi connectivity index (χ1v) is 9.61. The number of pyridine rings is 1. The van der Waals surface area contributed by atoms with Crippen LogP contribution in [0.2, 0.25) is 0 Å². The second-order valence-corrected chi connectivity index (χ2v) is 6.92. The maximum atomic E-state index is 4.45. The Morgan fingerprint density at radius 2 is 1.71 bits per heavy atom. The van der Waals surface area contributed by atoms with E-state index in [9.17, 15) is 0 Å². The predicted molar refractivity (Wildman–Crippen MR) is 110 cm³/mol. The van der Waals surface area contributed by atoms with E-state index in [1.165, 1.54) is 24.9 Å². The number of nitrogens with zero attached hydrogens (tertiary/aromatic N) is 6. The monoisotopic (exact) mass is 371 g/mol. The SMILES string of the molecule is c1ccc(-n2ncc3c(Nc4ccc(N5CCCCC5)cc4)ncnc32)nc1. The van der Waals surface area contributed by atoms with E-state index in [-0.39, 0.29) is 0 Å². The van der Waals surface area contributed by atoms with Gasteiger partial charge < -0.3 is 10.2 Å². The van der Waals surface area contributed by atoms with Gasteiger partial charge in [0.15, 0.2) is 11.5 Å². The summed E-state index contributed by atoms with van der Waals surface area (Å²) in [6, 6.07) is 14.3. The summed E-state index contributed by atoms with van der Waals surface area (Å²) in [6.07, 6.45) is 8.96. The van der Waals surface area contributed by atoms with Gasteiger partial charge in [0.25, 0.3) is 0 Å². The first-order chi connectivity index (χ1) is 13.9. The fourth-order valence-electron chi connectivity index (χ4n) is 3.63. The van der Waals surface area contributed by atoms with Crippen LogP contribution in [0.4, 0.5) is 17.2 Å². The van der Waals surface area contributed by atoms with Crippen LogP contribution in [0, 0.1) is 0 Å². The van der Waals surface area contributed by atoms with Gasteiger partial charge in [-0.05, 0) is 55.7 Å². The number of benzene rings is 1. The van der Waals surface area contributed by atoms with Crippen molar-refractivity contribution in [2.24, 2.45) is 0 Å². The zero-order chi connectivity index (χ0) is 18.8. The molecule has 7 heteroatoms. The lowest BCUT2D eigenvalue weighted by Crippen LogP contribution is -2.29. The van der Waals surface area contributed by atoms with Gasteiger partial charge >= 0.3 is 0 Å². The van der Waals surface area contributed by atoms with E-state index < -0.39 is 0 Å². The first kappa shape index (κ1) is 16.7. The summed E-state index contributed by atoms with van der Waals surface area (Å²) in [5.41, 5.74) is 2.99. The molecule has 5 rings (SSSR count). The van der Waals surface area contributed by atoms with Crippen LogP contribution in [-0.2, 0) is 0 Å². The van der Waals surface area contributed by atoms with Gasteiger partial charge in [0.1, 0.15) is 12.1 Å². The predicted octanol–water partition coefficient (Wildman–Crippen LogP) is 3.94. The van der Waals surface area contributed by atoms with Crippen LogP contribution >= 0.6 is 0 Å². The normalized spacial score (nSPS) is 14.4. The minimum absolute atomic E-state index is 0.723. The maximum Gasteiger partial charge on any atom is 0.170 e. The maximum absolute atomic E-state index is 4.45. The second kappa shape index (κ2) is 7.26. The van der Waals surface area contributed by atoms with Crippen molar-refractivity contribution in [2.75, 3.05) is 23.3 Å². The zero-order valence-corrected chi connectivity index (χ0v) is 15.5. The molecule has 4 heterocycles. The average Bonchev–Trinajstić information content (AvgIpc) is 3.21. The fourth-order valence-corrected chi connectivity index (χ4v) is 3.63. The minimum atomic E-state index is 0.723. The summed E-state index contributed by atoms with van der Waals surface area (Å²) in [7, 11) is 0. The Balaban J connectivity index is 1.42. The molecule has 1 fully saturated rings. The molecule has 0 spiro atoms. The molecule has 140 valence electrons. The smallest absolute Gasteiger partial charge is 0.170 e. The van der Waals surface area contributed by atoms with Crippen molar-refractivity contribution in [1.29, 1.82) is 0 Å². The van der Waals surface area contributed by atoms with E-state index >= 15 is 0 Å². The summed E-state index contributed by atoms with van der Waals surface area (Å²) >= 11 is 0. The van der Waals surface area contributed by atoms with Crippen molar-refractivity contribution >= 4 is 28.2 Å². The molecule has 1 saturated heterocycles. The van der Waals surface area contributed by atoms with Gasteiger partial charge in [-0.15, -0.1) is 0 Å². The fraction of sp³-hybridized carbons (Fsp3) is 0.238. The number of fused-ring (bicyclic) bond motifs is 1. The number of hydrogen-bond donors (Lipinski definition) is 1. The molecule has 0 saturated carbocycles.